The number of nitrogens with zero attached hydrogens (tertiary/aromatic N) is 2. The van der Waals surface area contributed by atoms with E-state index in [1.165, 1.54) is 11.1 Å². The molecule has 0 saturated heterocycles. The predicted octanol–water partition coefficient (Wildman–Crippen LogP) is 3.79. The Morgan fingerprint density at radius 1 is 1.14 bits per heavy atom. The van der Waals surface area contributed by atoms with Crippen LogP contribution in [0.5, 0.6) is 0 Å². The summed E-state index contributed by atoms with van der Waals surface area (Å²) in [5.41, 5.74) is 4.20. The van der Waals surface area contributed by atoms with Gasteiger partial charge in [-0.3, -0.25) is 0 Å². The van der Waals surface area contributed by atoms with Gasteiger partial charge in [0, 0.05) is 18.3 Å². The third kappa shape index (κ3) is 4.34. The number of anilines is 1. The van der Waals surface area contributed by atoms with E-state index in [4.69, 9.17) is 5.26 Å². The molecule has 0 aromatic heterocycles. The lowest BCUT2D eigenvalue weighted by molar-refractivity contribution is 0.402. The highest BCUT2D eigenvalue weighted by atomic mass is 15.0. The van der Waals surface area contributed by atoms with Gasteiger partial charge in [-0.15, -0.1) is 0 Å². The zero-order valence-corrected chi connectivity index (χ0v) is 12.8. The first-order chi connectivity index (χ1) is 10.1. The molecule has 3 heteroatoms. The third-order valence-electron chi connectivity index (χ3n) is 3.32. The fourth-order valence-electron chi connectivity index (χ4n) is 2.34. The molecule has 0 bridgehead atoms. The Morgan fingerprint density at radius 2 is 1.90 bits per heavy atom. The minimum absolute atomic E-state index is 0.195. The zero-order chi connectivity index (χ0) is 15.2. The molecule has 2 rings (SSSR count). The van der Waals surface area contributed by atoms with Gasteiger partial charge in [0.15, 0.2) is 0 Å². The van der Waals surface area contributed by atoms with E-state index in [-0.39, 0.29) is 6.04 Å². The number of benzene rings is 2. The Labute approximate surface area is 126 Å². The molecule has 2 aromatic rings. The Kier molecular flexibility index (Phi) is 4.97. The monoisotopic (exact) mass is 279 g/mol. The average molecular weight is 279 g/mol. The summed E-state index contributed by atoms with van der Waals surface area (Å²) in [6.45, 7) is 3.07. The predicted molar refractivity (Wildman–Crippen MR) is 87.0 cm³/mol. The van der Waals surface area contributed by atoms with Crippen molar-refractivity contribution >= 4 is 5.69 Å². The van der Waals surface area contributed by atoms with Crippen LogP contribution >= 0.6 is 0 Å². The fourth-order valence-corrected chi connectivity index (χ4v) is 2.34. The SMILES string of the molecule is CC(Nc1cccc(C#N)c1)c1cccc(CN(C)C)c1. The van der Waals surface area contributed by atoms with E-state index in [2.05, 4.69) is 61.6 Å². The summed E-state index contributed by atoms with van der Waals surface area (Å²) in [6.07, 6.45) is 0. The van der Waals surface area contributed by atoms with Crippen LogP contribution in [0.4, 0.5) is 5.69 Å². The number of nitriles is 1. The van der Waals surface area contributed by atoms with Gasteiger partial charge in [0.05, 0.1) is 11.6 Å². The minimum Gasteiger partial charge on any atom is -0.378 e. The molecule has 1 N–H and O–H groups in total. The highest BCUT2D eigenvalue weighted by Gasteiger charge is 2.07. The lowest BCUT2D eigenvalue weighted by Crippen LogP contribution is -2.12. The van der Waals surface area contributed by atoms with Crippen LogP contribution in [0.2, 0.25) is 0 Å². The Hall–Kier alpha value is -2.31. The second-order valence-electron chi connectivity index (χ2n) is 5.54. The smallest absolute Gasteiger partial charge is 0.0992 e. The van der Waals surface area contributed by atoms with Crippen LogP contribution < -0.4 is 5.32 Å². The molecule has 0 aliphatic heterocycles. The van der Waals surface area contributed by atoms with Crippen LogP contribution in [0.1, 0.15) is 29.7 Å². The topological polar surface area (TPSA) is 39.1 Å². The highest BCUT2D eigenvalue weighted by Crippen LogP contribution is 2.21. The molecule has 0 heterocycles. The molecule has 0 saturated carbocycles. The molecule has 1 atom stereocenters. The molecule has 0 aliphatic carbocycles. The molecule has 1 unspecified atom stereocenters. The molecule has 0 aliphatic rings. The molecule has 0 fully saturated rings. The molecule has 0 radical (unpaired) electrons. The van der Waals surface area contributed by atoms with Crippen molar-refractivity contribution in [3.63, 3.8) is 0 Å². The van der Waals surface area contributed by atoms with Crippen LogP contribution in [0.3, 0.4) is 0 Å². The zero-order valence-electron chi connectivity index (χ0n) is 12.8. The van der Waals surface area contributed by atoms with Gasteiger partial charge in [0.1, 0.15) is 0 Å². The Bertz CT molecular complexity index is 641. The Balaban J connectivity index is 2.12. The van der Waals surface area contributed by atoms with Gasteiger partial charge in [-0.1, -0.05) is 30.3 Å². The summed E-state index contributed by atoms with van der Waals surface area (Å²) in [6, 6.07) is 18.5. The summed E-state index contributed by atoms with van der Waals surface area (Å²) in [4.78, 5) is 2.16. The average Bonchev–Trinajstić information content (AvgIpc) is 2.47. The summed E-state index contributed by atoms with van der Waals surface area (Å²) < 4.78 is 0. The first-order valence-corrected chi connectivity index (χ1v) is 7.09. The largest absolute Gasteiger partial charge is 0.378 e. The van der Waals surface area contributed by atoms with E-state index >= 15 is 0 Å². The second-order valence-corrected chi connectivity index (χ2v) is 5.54. The molecule has 2 aromatic carbocycles. The highest BCUT2D eigenvalue weighted by molar-refractivity contribution is 5.50. The Morgan fingerprint density at radius 3 is 2.62 bits per heavy atom. The third-order valence-corrected chi connectivity index (χ3v) is 3.32. The van der Waals surface area contributed by atoms with E-state index in [1.54, 1.807) is 0 Å². The normalized spacial score (nSPS) is 12.0. The van der Waals surface area contributed by atoms with Crippen LogP contribution in [0.25, 0.3) is 0 Å². The van der Waals surface area contributed by atoms with E-state index in [1.807, 2.05) is 24.3 Å². The van der Waals surface area contributed by atoms with Gasteiger partial charge in [-0.25, -0.2) is 0 Å². The number of hydrogen-bond acceptors (Lipinski definition) is 3. The number of nitrogens with one attached hydrogen (secondary N) is 1. The summed E-state index contributed by atoms with van der Waals surface area (Å²) in [7, 11) is 4.14. The maximum absolute atomic E-state index is 8.95. The van der Waals surface area contributed by atoms with E-state index in [9.17, 15) is 0 Å². The molecule has 108 valence electrons. The second kappa shape index (κ2) is 6.92. The van der Waals surface area contributed by atoms with Gasteiger partial charge in [-0.2, -0.15) is 5.26 Å². The summed E-state index contributed by atoms with van der Waals surface area (Å²) >= 11 is 0. The van der Waals surface area contributed by atoms with Crippen LogP contribution in [0, 0.1) is 11.3 Å². The van der Waals surface area contributed by atoms with E-state index in [0.29, 0.717) is 5.56 Å². The summed E-state index contributed by atoms with van der Waals surface area (Å²) in [5.74, 6) is 0. The van der Waals surface area contributed by atoms with Gasteiger partial charge in [0.2, 0.25) is 0 Å². The summed E-state index contributed by atoms with van der Waals surface area (Å²) in [5, 5.41) is 12.4. The van der Waals surface area contributed by atoms with Crippen molar-refractivity contribution in [1.82, 2.24) is 4.90 Å². The first-order valence-electron chi connectivity index (χ1n) is 7.09. The van der Waals surface area contributed by atoms with Gasteiger partial charge >= 0.3 is 0 Å². The van der Waals surface area contributed by atoms with Crippen LogP contribution in [0.15, 0.2) is 48.5 Å². The molecule has 21 heavy (non-hydrogen) atoms. The minimum atomic E-state index is 0.195. The fraction of sp³-hybridized carbons (Fsp3) is 0.278. The van der Waals surface area contributed by atoms with Gasteiger partial charge in [0.25, 0.3) is 0 Å². The maximum Gasteiger partial charge on any atom is 0.0992 e. The molecular formula is C18H21N3. The van der Waals surface area contributed by atoms with Gasteiger partial charge in [-0.05, 0) is 50.3 Å². The van der Waals surface area contributed by atoms with Crippen LogP contribution in [-0.4, -0.2) is 19.0 Å². The van der Waals surface area contributed by atoms with Gasteiger partial charge < -0.3 is 10.2 Å². The number of hydrogen-bond donors (Lipinski definition) is 1. The first kappa shape index (κ1) is 15.1. The molecule has 0 amide bonds. The van der Waals surface area contributed by atoms with Crippen molar-refractivity contribution in [3.05, 3.63) is 65.2 Å². The van der Waals surface area contributed by atoms with Crippen molar-refractivity contribution < 1.29 is 0 Å². The van der Waals surface area contributed by atoms with Crippen molar-refractivity contribution in [2.45, 2.75) is 19.5 Å². The van der Waals surface area contributed by atoms with E-state index < -0.39 is 0 Å². The number of rotatable bonds is 5. The van der Waals surface area contributed by atoms with Crippen molar-refractivity contribution in [2.75, 3.05) is 19.4 Å². The van der Waals surface area contributed by atoms with Crippen molar-refractivity contribution in [1.29, 1.82) is 5.26 Å². The maximum atomic E-state index is 8.95. The molecule has 3 nitrogen and oxygen atoms in total. The quantitative estimate of drug-likeness (QED) is 0.905. The van der Waals surface area contributed by atoms with E-state index in [0.717, 1.165) is 12.2 Å². The molecule has 0 spiro atoms. The lowest BCUT2D eigenvalue weighted by atomic mass is 10.0. The van der Waals surface area contributed by atoms with Crippen LogP contribution in [-0.2, 0) is 6.54 Å². The standard InChI is InChI=1S/C18H21N3/c1-14(20-18-9-5-6-15(11-18)12-19)17-8-4-7-16(10-17)13-21(2)3/h4-11,14,20H,13H2,1-3H3. The van der Waals surface area contributed by atoms with Crippen molar-refractivity contribution in [3.8, 4) is 6.07 Å². The van der Waals surface area contributed by atoms with Crippen molar-refractivity contribution in [2.24, 2.45) is 0 Å². The molecular weight excluding hydrogens is 258 g/mol. The lowest BCUT2D eigenvalue weighted by Gasteiger charge is -2.18.